The lowest BCUT2D eigenvalue weighted by Gasteiger charge is -2.41. The second-order valence-electron chi connectivity index (χ2n) is 8.24. The third-order valence-corrected chi connectivity index (χ3v) is 8.99. The highest BCUT2D eigenvalue weighted by Crippen LogP contribution is 2.56. The highest BCUT2D eigenvalue weighted by Gasteiger charge is 2.36. The molecule has 0 N–H and O–H groups in total. The number of benzene rings is 2. The van der Waals surface area contributed by atoms with Crippen molar-refractivity contribution >= 4 is 19.0 Å². The van der Waals surface area contributed by atoms with Crippen LogP contribution in [0.2, 0.25) is 0 Å². The summed E-state index contributed by atoms with van der Waals surface area (Å²) in [6.45, 7) is 6.06. The van der Waals surface area contributed by atoms with Crippen LogP contribution in [0.1, 0.15) is 37.2 Å². The average Bonchev–Trinajstić information content (AvgIpc) is 2.81. The molecular weight excluding hydrogens is 425 g/mol. The molecule has 0 aromatic heterocycles. The van der Waals surface area contributed by atoms with Gasteiger partial charge in [-0.05, 0) is 63.3 Å². The number of ether oxygens (including phenoxy) is 3. The molecule has 176 valence electrons. The van der Waals surface area contributed by atoms with Gasteiger partial charge in [-0.2, -0.15) is 0 Å². The molecule has 0 fully saturated rings. The van der Waals surface area contributed by atoms with Gasteiger partial charge in [0.1, 0.15) is 0 Å². The molecule has 3 rings (SSSR count). The van der Waals surface area contributed by atoms with Crippen LogP contribution in [0.4, 0.5) is 11.4 Å². The van der Waals surface area contributed by atoms with E-state index in [9.17, 15) is 4.57 Å². The molecule has 0 spiro atoms. The van der Waals surface area contributed by atoms with Gasteiger partial charge in [0.25, 0.3) is 0 Å². The smallest absolute Gasteiger partial charge is 0.334 e. The van der Waals surface area contributed by atoms with Crippen molar-refractivity contribution in [3.63, 3.8) is 0 Å². The van der Waals surface area contributed by atoms with Crippen LogP contribution in [-0.4, -0.2) is 59.3 Å². The minimum absolute atomic E-state index is 0.102. The molecule has 0 radical (unpaired) electrons. The quantitative estimate of drug-likeness (QED) is 0.547. The number of anilines is 2. The van der Waals surface area contributed by atoms with Gasteiger partial charge in [-0.3, -0.25) is 13.9 Å². The van der Waals surface area contributed by atoms with Crippen LogP contribution in [0.25, 0.3) is 0 Å². The lowest BCUT2D eigenvalue weighted by molar-refractivity contribution is -0.0201. The van der Waals surface area contributed by atoms with Gasteiger partial charge in [-0.25, -0.2) is 4.67 Å². The third kappa shape index (κ3) is 5.36. The monoisotopic (exact) mass is 461 g/mol. The summed E-state index contributed by atoms with van der Waals surface area (Å²) in [5.74, 6) is 0. The van der Waals surface area contributed by atoms with Gasteiger partial charge in [0.05, 0.1) is 38.6 Å². The maximum Gasteiger partial charge on any atom is 0.334 e. The molecule has 2 atom stereocenters. The molecule has 1 aliphatic rings. The number of hydrogen-bond acceptors (Lipinski definition) is 4. The molecular formula is C24H36N3O4P. The van der Waals surface area contributed by atoms with E-state index < -0.39 is 7.59 Å². The van der Waals surface area contributed by atoms with E-state index in [0.29, 0.717) is 26.4 Å². The first-order valence-corrected chi connectivity index (χ1v) is 12.6. The van der Waals surface area contributed by atoms with E-state index in [1.165, 1.54) is 0 Å². The predicted molar refractivity (Wildman–Crippen MR) is 131 cm³/mol. The Morgan fingerprint density at radius 3 is 1.66 bits per heavy atom. The van der Waals surface area contributed by atoms with Crippen molar-refractivity contribution in [3.05, 3.63) is 59.7 Å². The molecule has 1 heterocycles. The Hall–Kier alpha value is -1.89. The fourth-order valence-electron chi connectivity index (χ4n) is 3.86. The predicted octanol–water partition coefficient (Wildman–Crippen LogP) is 5.11. The number of hydrogen-bond donors (Lipinski definition) is 0. The summed E-state index contributed by atoms with van der Waals surface area (Å²) in [5, 5.41) is 0. The standard InChI is InChI=1S/C24H36N3O4P/c1-19-21-9-7-11-23(17-21)26(5)32(28,25(3)4)27(6)24-12-8-10-22(18-24)20(2)31-16-14-29-13-15-30-19/h7-12,17-20H,13-16H2,1-6H3/t19-,20-/m0/s1. The van der Waals surface area contributed by atoms with Crippen LogP contribution >= 0.6 is 7.59 Å². The van der Waals surface area contributed by atoms with Gasteiger partial charge in [-0.1, -0.05) is 24.3 Å². The molecule has 1 aliphatic heterocycles. The van der Waals surface area contributed by atoms with E-state index in [-0.39, 0.29) is 12.2 Å². The van der Waals surface area contributed by atoms with Crippen molar-refractivity contribution in [1.29, 1.82) is 0 Å². The van der Waals surface area contributed by atoms with Crippen LogP contribution < -0.4 is 9.34 Å². The molecule has 2 aromatic carbocycles. The van der Waals surface area contributed by atoms with E-state index in [1.54, 1.807) is 4.67 Å². The molecule has 0 amide bonds. The van der Waals surface area contributed by atoms with Gasteiger partial charge in [0.15, 0.2) is 0 Å². The van der Waals surface area contributed by atoms with Gasteiger partial charge in [0.2, 0.25) is 0 Å². The second kappa shape index (κ2) is 10.8. The number of fused-ring (bicyclic) bond motifs is 4. The first-order chi connectivity index (χ1) is 15.2. The topological polar surface area (TPSA) is 54.5 Å². The van der Waals surface area contributed by atoms with E-state index in [1.807, 2.05) is 99.9 Å². The van der Waals surface area contributed by atoms with Crippen molar-refractivity contribution in [3.8, 4) is 0 Å². The lowest BCUT2D eigenvalue weighted by Crippen LogP contribution is -2.34. The van der Waals surface area contributed by atoms with Crippen molar-refractivity contribution in [2.75, 3.05) is 64.0 Å². The average molecular weight is 462 g/mol. The third-order valence-electron chi connectivity index (χ3n) is 5.92. The highest BCUT2D eigenvalue weighted by atomic mass is 31.2. The Bertz CT molecular complexity index is 871. The van der Waals surface area contributed by atoms with Crippen molar-refractivity contribution in [2.45, 2.75) is 26.1 Å². The summed E-state index contributed by atoms with van der Waals surface area (Å²) in [7, 11) is 4.32. The zero-order valence-electron chi connectivity index (χ0n) is 20.0. The second-order valence-corrected chi connectivity index (χ2v) is 11.3. The lowest BCUT2D eigenvalue weighted by atomic mass is 10.1. The largest absolute Gasteiger partial charge is 0.377 e. The molecule has 0 saturated carbocycles. The maximum atomic E-state index is 14.5. The summed E-state index contributed by atoms with van der Waals surface area (Å²) < 4.78 is 37.6. The van der Waals surface area contributed by atoms with Crippen LogP contribution in [0.5, 0.6) is 0 Å². The number of rotatable bonds is 1. The fourth-order valence-corrected chi connectivity index (χ4v) is 6.19. The van der Waals surface area contributed by atoms with Gasteiger partial charge < -0.3 is 14.2 Å². The summed E-state index contributed by atoms with van der Waals surface area (Å²) in [4.78, 5) is 0. The Morgan fingerprint density at radius 2 is 1.25 bits per heavy atom. The summed E-state index contributed by atoms with van der Waals surface area (Å²) >= 11 is 0. The van der Waals surface area contributed by atoms with Crippen molar-refractivity contribution in [1.82, 2.24) is 4.67 Å². The van der Waals surface area contributed by atoms with Crippen LogP contribution in [-0.2, 0) is 18.8 Å². The summed E-state index contributed by atoms with van der Waals surface area (Å²) in [5.41, 5.74) is 3.80. The maximum absolute atomic E-state index is 14.5. The van der Waals surface area contributed by atoms with Crippen molar-refractivity contribution in [2.24, 2.45) is 0 Å². The molecule has 7 nitrogen and oxygen atoms in total. The first-order valence-electron chi connectivity index (χ1n) is 11.0. The van der Waals surface area contributed by atoms with Crippen molar-refractivity contribution < 1.29 is 18.8 Å². The van der Waals surface area contributed by atoms with Gasteiger partial charge in [0, 0.05) is 25.5 Å². The molecule has 0 saturated heterocycles. The van der Waals surface area contributed by atoms with E-state index >= 15 is 0 Å². The summed E-state index contributed by atoms with van der Waals surface area (Å²) in [6, 6.07) is 16.1. The SMILES string of the molecule is C[C@@H]1OCCOCCO[C@@H](C)c2cccc(c2)N(C)P(=O)(N(C)C)N(C)c2cccc1c2. The zero-order valence-corrected chi connectivity index (χ0v) is 20.9. The minimum Gasteiger partial charge on any atom is -0.377 e. The Kier molecular flexibility index (Phi) is 8.37. The highest BCUT2D eigenvalue weighted by molar-refractivity contribution is 7.64. The number of nitrogens with zero attached hydrogens (tertiary/aromatic N) is 3. The first kappa shape index (κ1) is 24.7. The van der Waals surface area contributed by atoms with E-state index in [2.05, 4.69) is 0 Å². The van der Waals surface area contributed by atoms with E-state index in [4.69, 9.17) is 14.2 Å². The summed E-state index contributed by atoms with van der Waals surface area (Å²) in [6.07, 6.45) is -0.203. The van der Waals surface area contributed by atoms with Crippen LogP contribution in [0.3, 0.4) is 0 Å². The molecule has 0 aliphatic carbocycles. The molecule has 8 heteroatoms. The van der Waals surface area contributed by atoms with Gasteiger partial charge >= 0.3 is 7.59 Å². The molecule has 2 aromatic rings. The molecule has 0 unspecified atom stereocenters. The Balaban J connectivity index is 2.04. The molecule has 4 bridgehead atoms. The van der Waals surface area contributed by atoms with Gasteiger partial charge in [-0.15, -0.1) is 0 Å². The van der Waals surface area contributed by atoms with Crippen LogP contribution in [0, 0.1) is 0 Å². The Morgan fingerprint density at radius 1 is 0.812 bits per heavy atom. The zero-order chi connectivity index (χ0) is 23.3. The van der Waals surface area contributed by atoms with E-state index in [0.717, 1.165) is 22.5 Å². The normalized spacial score (nSPS) is 23.0. The molecule has 32 heavy (non-hydrogen) atoms. The van der Waals surface area contributed by atoms with Crippen LogP contribution in [0.15, 0.2) is 48.5 Å². The minimum atomic E-state index is -3.14. The Labute approximate surface area is 192 Å². The fraction of sp³-hybridized carbons (Fsp3) is 0.500.